The van der Waals surface area contributed by atoms with Gasteiger partial charge in [-0.3, -0.25) is 19.3 Å². The van der Waals surface area contributed by atoms with Crippen LogP contribution in [-0.4, -0.2) is 24.2 Å². The summed E-state index contributed by atoms with van der Waals surface area (Å²) in [4.78, 5) is 39.9. The average Bonchev–Trinajstić information content (AvgIpc) is 3.58. The molecule has 6 atom stereocenters. The van der Waals surface area contributed by atoms with Gasteiger partial charge in [0.05, 0.1) is 22.5 Å². The van der Waals surface area contributed by atoms with Crippen molar-refractivity contribution in [3.63, 3.8) is 0 Å². The molecular weight excluding hydrogens is 433 g/mol. The van der Waals surface area contributed by atoms with Gasteiger partial charge in [0, 0.05) is 5.56 Å². The lowest BCUT2D eigenvalue weighted by Gasteiger charge is -2.37. The molecule has 1 saturated heterocycles. The first kappa shape index (κ1) is 19.7. The highest BCUT2D eigenvalue weighted by molar-refractivity contribution is 6.31. The van der Waals surface area contributed by atoms with Crippen molar-refractivity contribution in [3.05, 3.63) is 71.0 Å². The van der Waals surface area contributed by atoms with E-state index >= 15 is 0 Å². The third-order valence-electron chi connectivity index (χ3n) is 7.37. The van der Waals surface area contributed by atoms with Gasteiger partial charge in [-0.15, -0.1) is 0 Å². The number of Topliss-reactive ketones (excluding diaryl/α,β-unsaturated/α-hetero) is 1. The van der Waals surface area contributed by atoms with E-state index < -0.39 is 5.82 Å². The summed E-state index contributed by atoms with van der Waals surface area (Å²) in [6.45, 7) is -0.245. The van der Waals surface area contributed by atoms with Crippen LogP contribution in [0.3, 0.4) is 0 Å². The topological polar surface area (TPSA) is 63.7 Å². The maximum absolute atomic E-state index is 13.3. The Hall–Kier alpha value is -2.99. The Morgan fingerprint density at radius 3 is 2.22 bits per heavy atom. The Morgan fingerprint density at radius 1 is 1.00 bits per heavy atom. The Bertz CT molecular complexity index is 1160. The molecule has 4 aliphatic carbocycles. The van der Waals surface area contributed by atoms with Crippen LogP contribution in [0.25, 0.3) is 0 Å². The van der Waals surface area contributed by atoms with E-state index in [0.717, 1.165) is 12.5 Å². The highest BCUT2D eigenvalue weighted by atomic mass is 35.5. The van der Waals surface area contributed by atoms with Crippen molar-refractivity contribution < 1.29 is 23.5 Å². The lowest BCUT2D eigenvalue weighted by Crippen LogP contribution is -2.40. The van der Waals surface area contributed by atoms with E-state index in [1.165, 1.54) is 17.0 Å². The van der Waals surface area contributed by atoms with Gasteiger partial charge in [0.1, 0.15) is 11.6 Å². The maximum Gasteiger partial charge on any atom is 0.238 e. The van der Waals surface area contributed by atoms with Gasteiger partial charge in [-0.25, -0.2) is 4.39 Å². The molecule has 7 heteroatoms. The quantitative estimate of drug-likeness (QED) is 0.386. The van der Waals surface area contributed by atoms with Crippen molar-refractivity contribution in [1.82, 2.24) is 0 Å². The third kappa shape index (κ3) is 2.85. The number of anilines is 1. The van der Waals surface area contributed by atoms with E-state index in [1.807, 2.05) is 0 Å². The number of carbonyl (C=O) groups is 3. The molecule has 2 amide bonds. The highest BCUT2D eigenvalue weighted by Crippen LogP contribution is 2.65. The minimum atomic E-state index is -0.591. The van der Waals surface area contributed by atoms with Gasteiger partial charge in [0.2, 0.25) is 11.8 Å². The van der Waals surface area contributed by atoms with E-state index in [9.17, 15) is 18.8 Å². The zero-order valence-electron chi connectivity index (χ0n) is 16.9. The van der Waals surface area contributed by atoms with Crippen molar-refractivity contribution in [2.75, 3.05) is 11.5 Å². The van der Waals surface area contributed by atoms with E-state index in [0.29, 0.717) is 23.3 Å². The summed E-state index contributed by atoms with van der Waals surface area (Å²) in [6, 6.07) is 10.3. The van der Waals surface area contributed by atoms with Crippen molar-refractivity contribution in [2.45, 2.75) is 6.42 Å². The molecule has 0 spiro atoms. The van der Waals surface area contributed by atoms with Gasteiger partial charge in [-0.05, 0) is 72.6 Å². The molecule has 0 aromatic heterocycles. The minimum Gasteiger partial charge on any atom is -0.485 e. The Morgan fingerprint density at radius 2 is 1.62 bits per heavy atom. The second kappa shape index (κ2) is 7.01. The molecule has 2 aromatic rings. The van der Waals surface area contributed by atoms with Crippen LogP contribution in [0.4, 0.5) is 10.1 Å². The smallest absolute Gasteiger partial charge is 0.238 e. The van der Waals surface area contributed by atoms with Crippen LogP contribution >= 0.6 is 11.6 Å². The molecule has 0 N–H and O–H groups in total. The van der Waals surface area contributed by atoms with Gasteiger partial charge in [-0.2, -0.15) is 0 Å². The monoisotopic (exact) mass is 451 g/mol. The molecule has 162 valence electrons. The molecule has 2 saturated carbocycles. The number of halogens is 2. The third-order valence-corrected chi connectivity index (χ3v) is 7.66. The van der Waals surface area contributed by atoms with Crippen LogP contribution in [0, 0.1) is 41.3 Å². The second-order valence-electron chi connectivity index (χ2n) is 9.00. The summed E-state index contributed by atoms with van der Waals surface area (Å²) in [6.07, 6.45) is 5.43. The molecule has 5 nitrogen and oxygen atoms in total. The number of ketones is 1. The fourth-order valence-corrected chi connectivity index (χ4v) is 5.99. The summed E-state index contributed by atoms with van der Waals surface area (Å²) in [5.41, 5.74) is 0.775. The predicted molar refractivity (Wildman–Crippen MR) is 115 cm³/mol. The molecule has 2 aromatic carbocycles. The molecule has 1 heterocycles. The molecule has 2 bridgehead atoms. The van der Waals surface area contributed by atoms with Crippen molar-refractivity contribution in [3.8, 4) is 5.75 Å². The molecule has 0 radical (unpaired) electrons. The van der Waals surface area contributed by atoms with Crippen LogP contribution in [0.15, 0.2) is 54.6 Å². The van der Waals surface area contributed by atoms with E-state index in [4.69, 9.17) is 16.3 Å². The van der Waals surface area contributed by atoms with Crippen molar-refractivity contribution in [1.29, 1.82) is 0 Å². The summed E-state index contributed by atoms with van der Waals surface area (Å²) >= 11 is 5.72. The molecule has 7 rings (SSSR count). The van der Waals surface area contributed by atoms with Gasteiger partial charge >= 0.3 is 0 Å². The number of hydrogen-bond acceptors (Lipinski definition) is 4. The number of rotatable bonds is 5. The molecule has 32 heavy (non-hydrogen) atoms. The summed E-state index contributed by atoms with van der Waals surface area (Å²) in [5.74, 6) is 0.292. The van der Waals surface area contributed by atoms with Crippen LogP contribution < -0.4 is 9.64 Å². The minimum absolute atomic E-state index is 0.110. The number of carbonyl (C=O) groups excluding carboxylic acids is 3. The fraction of sp³-hybridized carbons (Fsp3) is 0.320. The normalized spacial score (nSPS) is 31.5. The standard InChI is InChI=1S/C25H19ClFNO4/c26-19-9-12(1-8-20(19)27)21(29)11-32-14-4-2-13(3-5-14)28-24(30)22-15-6-7-16(18-10-17(15)18)23(22)25(28)31/h1-9,15-18,22-23H,10-11H2/t15-,16?,17?,18-,22?,23?/m1/s1. The highest BCUT2D eigenvalue weighted by Gasteiger charge is 2.67. The zero-order valence-corrected chi connectivity index (χ0v) is 17.7. The van der Waals surface area contributed by atoms with Gasteiger partial charge < -0.3 is 4.74 Å². The number of amides is 2. The first-order chi connectivity index (χ1) is 15.4. The lowest BCUT2D eigenvalue weighted by atomic mass is 9.63. The molecule has 1 aliphatic heterocycles. The van der Waals surface area contributed by atoms with Crippen molar-refractivity contribution >= 4 is 34.9 Å². The number of nitrogens with zero attached hydrogens (tertiary/aromatic N) is 1. The lowest BCUT2D eigenvalue weighted by molar-refractivity contribution is -0.124. The van der Waals surface area contributed by atoms with Crippen LogP contribution in [0.1, 0.15) is 16.8 Å². The predicted octanol–water partition coefficient (Wildman–Crippen LogP) is 4.30. The average molecular weight is 452 g/mol. The number of ether oxygens (including phenoxy) is 1. The van der Waals surface area contributed by atoms with E-state index in [-0.39, 0.29) is 58.5 Å². The van der Waals surface area contributed by atoms with Crippen LogP contribution in [0.5, 0.6) is 5.75 Å². The van der Waals surface area contributed by atoms with Gasteiger partial charge in [0.25, 0.3) is 0 Å². The van der Waals surface area contributed by atoms with E-state index in [1.54, 1.807) is 24.3 Å². The van der Waals surface area contributed by atoms with Gasteiger partial charge in [0.15, 0.2) is 12.4 Å². The first-order valence-corrected chi connectivity index (χ1v) is 11.1. The van der Waals surface area contributed by atoms with Crippen molar-refractivity contribution in [2.24, 2.45) is 35.5 Å². The second-order valence-corrected chi connectivity index (χ2v) is 9.41. The zero-order chi connectivity index (χ0) is 22.1. The molecule has 4 unspecified atom stereocenters. The van der Waals surface area contributed by atoms with Crippen LogP contribution in [-0.2, 0) is 9.59 Å². The van der Waals surface area contributed by atoms with Crippen LogP contribution in [0.2, 0.25) is 5.02 Å². The summed E-state index contributed by atoms with van der Waals surface area (Å²) in [5, 5.41) is -0.123. The van der Waals surface area contributed by atoms with Gasteiger partial charge in [-0.1, -0.05) is 23.8 Å². The number of imide groups is 1. The summed E-state index contributed by atoms with van der Waals surface area (Å²) in [7, 11) is 0. The Kier molecular flexibility index (Phi) is 4.31. The Balaban J connectivity index is 1.15. The number of allylic oxidation sites excluding steroid dienone is 2. The fourth-order valence-electron chi connectivity index (χ4n) is 5.80. The number of hydrogen-bond donors (Lipinski definition) is 0. The summed E-state index contributed by atoms with van der Waals surface area (Å²) < 4.78 is 18.8. The SMILES string of the molecule is O=C(COc1ccc(N2C(=O)C3C(C2=O)[C@@H]2C=CC3[C@H]3CC23)cc1)c1ccc(F)c(Cl)c1. The maximum atomic E-state index is 13.3. The van der Waals surface area contributed by atoms with E-state index in [2.05, 4.69) is 12.2 Å². The largest absolute Gasteiger partial charge is 0.485 e. The molecular formula is C25H19ClFNO4. The molecule has 5 aliphatic rings. The Labute approximate surface area is 188 Å². The number of benzene rings is 2. The molecule has 3 fully saturated rings. The first-order valence-electron chi connectivity index (χ1n) is 10.7.